The standard InChI is InChI=1S/C12H19N3O2/c1-9(16)7-11-3-2-6-15(11)12(17)8-10-4-5-13-14-10/h4-5,9,11,16H,2-3,6-8H2,1H3,(H,13,14). The number of carbonyl (C=O) groups excluding carboxylic acids is 1. The van der Waals surface area contributed by atoms with Crippen molar-refractivity contribution in [1.82, 2.24) is 15.1 Å². The van der Waals surface area contributed by atoms with Gasteiger partial charge in [-0.15, -0.1) is 0 Å². The van der Waals surface area contributed by atoms with Gasteiger partial charge in [0.15, 0.2) is 0 Å². The molecule has 1 aliphatic rings. The molecule has 0 aliphatic carbocycles. The third kappa shape index (κ3) is 3.06. The van der Waals surface area contributed by atoms with Crippen LogP contribution in [-0.2, 0) is 11.2 Å². The van der Waals surface area contributed by atoms with E-state index in [4.69, 9.17) is 0 Å². The maximum atomic E-state index is 12.1. The molecule has 2 heterocycles. The van der Waals surface area contributed by atoms with Gasteiger partial charge in [0.05, 0.1) is 12.5 Å². The second-order valence-electron chi connectivity index (χ2n) is 4.73. The van der Waals surface area contributed by atoms with Crippen molar-refractivity contribution in [2.75, 3.05) is 6.54 Å². The molecule has 2 unspecified atom stereocenters. The summed E-state index contributed by atoms with van der Waals surface area (Å²) in [6, 6.07) is 2.02. The molecule has 5 nitrogen and oxygen atoms in total. The molecule has 0 saturated carbocycles. The lowest BCUT2D eigenvalue weighted by molar-refractivity contribution is -0.131. The number of hydrogen-bond donors (Lipinski definition) is 2. The highest BCUT2D eigenvalue weighted by Gasteiger charge is 2.29. The minimum atomic E-state index is -0.347. The lowest BCUT2D eigenvalue weighted by Crippen LogP contribution is -2.38. The van der Waals surface area contributed by atoms with E-state index in [2.05, 4.69) is 10.2 Å². The van der Waals surface area contributed by atoms with Crippen LogP contribution in [0.4, 0.5) is 0 Å². The molecule has 0 spiro atoms. The lowest BCUT2D eigenvalue weighted by atomic mass is 10.1. The van der Waals surface area contributed by atoms with Crippen LogP contribution in [0.2, 0.25) is 0 Å². The topological polar surface area (TPSA) is 69.2 Å². The van der Waals surface area contributed by atoms with Crippen LogP contribution in [0.25, 0.3) is 0 Å². The smallest absolute Gasteiger partial charge is 0.228 e. The Bertz CT molecular complexity index is 362. The Hall–Kier alpha value is -1.36. The number of rotatable bonds is 4. The Labute approximate surface area is 101 Å². The van der Waals surface area contributed by atoms with E-state index in [1.165, 1.54) is 0 Å². The lowest BCUT2D eigenvalue weighted by Gasteiger charge is -2.25. The third-order valence-corrected chi connectivity index (χ3v) is 3.21. The molecule has 1 saturated heterocycles. The molecule has 0 aromatic carbocycles. The minimum absolute atomic E-state index is 0.123. The number of nitrogens with zero attached hydrogens (tertiary/aromatic N) is 2. The summed E-state index contributed by atoms with van der Waals surface area (Å²) in [7, 11) is 0. The average Bonchev–Trinajstić information content (AvgIpc) is 2.87. The van der Waals surface area contributed by atoms with Gasteiger partial charge in [-0.2, -0.15) is 5.10 Å². The molecule has 2 N–H and O–H groups in total. The number of likely N-dealkylation sites (tertiary alicyclic amines) is 1. The molecule has 1 aliphatic heterocycles. The van der Waals surface area contributed by atoms with E-state index in [0.29, 0.717) is 12.8 Å². The fourth-order valence-electron chi connectivity index (χ4n) is 2.45. The van der Waals surface area contributed by atoms with Gasteiger partial charge in [-0.25, -0.2) is 0 Å². The van der Waals surface area contributed by atoms with Gasteiger partial charge in [0.25, 0.3) is 0 Å². The number of carbonyl (C=O) groups is 1. The van der Waals surface area contributed by atoms with Gasteiger partial charge in [0, 0.05) is 24.5 Å². The van der Waals surface area contributed by atoms with E-state index in [1.54, 1.807) is 13.1 Å². The molecule has 0 bridgehead atoms. The first-order chi connectivity index (χ1) is 8.16. The number of nitrogens with one attached hydrogen (secondary N) is 1. The zero-order valence-corrected chi connectivity index (χ0v) is 10.1. The largest absolute Gasteiger partial charge is 0.393 e. The maximum absolute atomic E-state index is 12.1. The van der Waals surface area contributed by atoms with Crippen molar-refractivity contribution in [3.63, 3.8) is 0 Å². The van der Waals surface area contributed by atoms with Crippen LogP contribution in [0, 0.1) is 0 Å². The van der Waals surface area contributed by atoms with E-state index < -0.39 is 0 Å². The van der Waals surface area contributed by atoms with E-state index >= 15 is 0 Å². The SMILES string of the molecule is CC(O)CC1CCCN1C(=O)Cc1ccn[nH]1. The Balaban J connectivity index is 1.93. The van der Waals surface area contributed by atoms with Crippen LogP contribution < -0.4 is 0 Å². The molecule has 5 heteroatoms. The van der Waals surface area contributed by atoms with Crippen LogP contribution in [-0.4, -0.2) is 44.8 Å². The molecule has 17 heavy (non-hydrogen) atoms. The van der Waals surface area contributed by atoms with Crippen LogP contribution in [0.5, 0.6) is 0 Å². The van der Waals surface area contributed by atoms with Crippen LogP contribution in [0.1, 0.15) is 31.9 Å². The van der Waals surface area contributed by atoms with Crippen LogP contribution in [0.15, 0.2) is 12.3 Å². The monoisotopic (exact) mass is 237 g/mol. The van der Waals surface area contributed by atoms with Gasteiger partial charge in [-0.05, 0) is 32.3 Å². The van der Waals surface area contributed by atoms with Crippen molar-refractivity contribution in [3.05, 3.63) is 18.0 Å². The highest BCUT2D eigenvalue weighted by molar-refractivity contribution is 5.78. The van der Waals surface area contributed by atoms with Crippen LogP contribution in [0.3, 0.4) is 0 Å². The molecule has 2 rings (SSSR count). The van der Waals surface area contributed by atoms with E-state index in [-0.39, 0.29) is 18.1 Å². The number of aliphatic hydroxyl groups excluding tert-OH is 1. The van der Waals surface area contributed by atoms with Crippen molar-refractivity contribution in [3.8, 4) is 0 Å². The van der Waals surface area contributed by atoms with Crippen molar-refractivity contribution in [1.29, 1.82) is 0 Å². The molecule has 1 amide bonds. The fourth-order valence-corrected chi connectivity index (χ4v) is 2.45. The zero-order valence-electron chi connectivity index (χ0n) is 10.1. The number of aliphatic hydroxyl groups is 1. The second kappa shape index (κ2) is 5.31. The number of amides is 1. The van der Waals surface area contributed by atoms with Gasteiger partial charge >= 0.3 is 0 Å². The van der Waals surface area contributed by atoms with Gasteiger partial charge in [-0.3, -0.25) is 9.89 Å². The summed E-state index contributed by atoms with van der Waals surface area (Å²) in [5.41, 5.74) is 0.845. The Kier molecular flexibility index (Phi) is 3.78. The quantitative estimate of drug-likeness (QED) is 0.810. The predicted molar refractivity (Wildman–Crippen MR) is 63.3 cm³/mol. The minimum Gasteiger partial charge on any atom is -0.393 e. The van der Waals surface area contributed by atoms with Crippen molar-refractivity contribution in [2.24, 2.45) is 0 Å². The van der Waals surface area contributed by atoms with Crippen LogP contribution >= 0.6 is 0 Å². The summed E-state index contributed by atoms with van der Waals surface area (Å²) in [5, 5.41) is 16.0. The van der Waals surface area contributed by atoms with Gasteiger partial charge in [-0.1, -0.05) is 0 Å². The second-order valence-corrected chi connectivity index (χ2v) is 4.73. The van der Waals surface area contributed by atoms with E-state index in [9.17, 15) is 9.90 Å². The number of H-pyrrole nitrogens is 1. The van der Waals surface area contributed by atoms with Gasteiger partial charge < -0.3 is 10.0 Å². The van der Waals surface area contributed by atoms with E-state index in [0.717, 1.165) is 25.1 Å². The average molecular weight is 237 g/mol. The summed E-state index contributed by atoms with van der Waals surface area (Å²) in [6.07, 6.45) is 4.39. The molecule has 1 fully saturated rings. The molecular formula is C12H19N3O2. The van der Waals surface area contributed by atoms with Gasteiger partial charge in [0.2, 0.25) is 5.91 Å². The first kappa shape index (κ1) is 12.1. The third-order valence-electron chi connectivity index (χ3n) is 3.21. The molecule has 2 atom stereocenters. The molecule has 0 radical (unpaired) electrons. The van der Waals surface area contributed by atoms with Crippen molar-refractivity contribution >= 4 is 5.91 Å². The molecular weight excluding hydrogens is 218 g/mol. The summed E-state index contributed by atoms with van der Waals surface area (Å²) >= 11 is 0. The van der Waals surface area contributed by atoms with E-state index in [1.807, 2.05) is 11.0 Å². The Morgan fingerprint density at radius 2 is 2.59 bits per heavy atom. The highest BCUT2D eigenvalue weighted by Crippen LogP contribution is 2.22. The highest BCUT2D eigenvalue weighted by atomic mass is 16.3. The molecule has 94 valence electrons. The summed E-state index contributed by atoms with van der Waals surface area (Å²) in [4.78, 5) is 14.0. The predicted octanol–water partition coefficient (Wildman–Crippen LogP) is 0.714. The van der Waals surface area contributed by atoms with Crippen molar-refractivity contribution in [2.45, 2.75) is 44.8 Å². The number of aromatic amines is 1. The fraction of sp³-hybridized carbons (Fsp3) is 0.667. The summed E-state index contributed by atoms with van der Waals surface area (Å²) in [5.74, 6) is 0.123. The zero-order chi connectivity index (χ0) is 12.3. The Morgan fingerprint density at radius 1 is 1.76 bits per heavy atom. The number of aromatic nitrogens is 2. The first-order valence-electron chi connectivity index (χ1n) is 6.12. The normalized spacial score (nSPS) is 21.8. The van der Waals surface area contributed by atoms with Gasteiger partial charge in [0.1, 0.15) is 0 Å². The van der Waals surface area contributed by atoms with Crippen molar-refractivity contribution < 1.29 is 9.90 Å². The molecule has 1 aromatic heterocycles. The number of hydrogen-bond acceptors (Lipinski definition) is 3. The summed E-state index contributed by atoms with van der Waals surface area (Å²) < 4.78 is 0. The Morgan fingerprint density at radius 3 is 3.24 bits per heavy atom. The maximum Gasteiger partial charge on any atom is 0.228 e. The molecule has 1 aromatic rings. The summed E-state index contributed by atoms with van der Waals surface area (Å²) in [6.45, 7) is 2.58. The first-order valence-corrected chi connectivity index (χ1v) is 6.12.